The molecule has 0 aliphatic carbocycles. The molecule has 8 nitrogen and oxygen atoms in total. The number of rotatable bonds is 4. The fourth-order valence-corrected chi connectivity index (χ4v) is 3.01. The van der Waals surface area contributed by atoms with E-state index in [1.54, 1.807) is 36.7 Å². The van der Waals surface area contributed by atoms with Gasteiger partial charge in [-0.25, -0.2) is 9.59 Å². The average molecular weight is 356 g/mol. The molecule has 0 bridgehead atoms. The Hall–Kier alpha value is -2.84. The number of ether oxygens (including phenoxy) is 4. The molecule has 0 saturated carbocycles. The van der Waals surface area contributed by atoms with Crippen LogP contribution in [-0.2, 0) is 18.9 Å². The van der Waals surface area contributed by atoms with E-state index in [4.69, 9.17) is 18.9 Å². The molecule has 0 N–H and O–H groups in total. The van der Waals surface area contributed by atoms with Gasteiger partial charge in [0.2, 0.25) is 0 Å². The average Bonchev–Trinajstić information content (AvgIpc) is 3.27. The Kier molecular flexibility index (Phi) is 4.59. The molecule has 26 heavy (non-hydrogen) atoms. The summed E-state index contributed by atoms with van der Waals surface area (Å²) < 4.78 is 22.3. The predicted octanol–water partition coefficient (Wildman–Crippen LogP) is 1.03. The monoisotopic (exact) mass is 356 g/mol. The zero-order valence-electron chi connectivity index (χ0n) is 13.7. The molecule has 2 saturated heterocycles. The van der Waals surface area contributed by atoms with Gasteiger partial charge in [0.05, 0.1) is 24.3 Å². The molecule has 2 aromatic rings. The summed E-state index contributed by atoms with van der Waals surface area (Å²) in [5, 5.41) is 0. The van der Waals surface area contributed by atoms with Gasteiger partial charge in [-0.15, -0.1) is 0 Å². The van der Waals surface area contributed by atoms with Gasteiger partial charge in [0, 0.05) is 24.8 Å². The van der Waals surface area contributed by atoms with Gasteiger partial charge < -0.3 is 18.9 Å². The zero-order chi connectivity index (χ0) is 17.9. The molecule has 134 valence electrons. The maximum absolute atomic E-state index is 12.2. The highest BCUT2D eigenvalue weighted by atomic mass is 16.7. The third kappa shape index (κ3) is 3.29. The van der Waals surface area contributed by atoms with Crippen molar-refractivity contribution in [2.24, 2.45) is 0 Å². The van der Waals surface area contributed by atoms with Crippen LogP contribution in [0.25, 0.3) is 0 Å². The van der Waals surface area contributed by atoms with Gasteiger partial charge in [-0.2, -0.15) is 0 Å². The Bertz CT molecular complexity index is 717. The van der Waals surface area contributed by atoms with Crippen LogP contribution >= 0.6 is 0 Å². The Morgan fingerprint density at radius 2 is 1.31 bits per heavy atom. The van der Waals surface area contributed by atoms with Crippen LogP contribution in [0.15, 0.2) is 49.1 Å². The van der Waals surface area contributed by atoms with E-state index in [-0.39, 0.29) is 13.2 Å². The lowest BCUT2D eigenvalue weighted by molar-refractivity contribution is -0.0287. The Balaban J connectivity index is 1.37. The van der Waals surface area contributed by atoms with Crippen molar-refractivity contribution in [1.29, 1.82) is 0 Å². The maximum atomic E-state index is 12.2. The van der Waals surface area contributed by atoms with Crippen molar-refractivity contribution in [2.75, 3.05) is 13.2 Å². The second-order valence-electron chi connectivity index (χ2n) is 5.97. The summed E-state index contributed by atoms with van der Waals surface area (Å²) in [6.07, 6.45) is 3.96. The number of carbonyl (C=O) groups excluding carboxylic acids is 2. The molecule has 2 aliphatic rings. The van der Waals surface area contributed by atoms with Gasteiger partial charge in [0.25, 0.3) is 0 Å². The van der Waals surface area contributed by atoms with Crippen molar-refractivity contribution in [1.82, 2.24) is 9.97 Å². The summed E-state index contributed by atoms with van der Waals surface area (Å²) >= 11 is 0. The van der Waals surface area contributed by atoms with Crippen LogP contribution in [0.1, 0.15) is 20.7 Å². The topological polar surface area (TPSA) is 96.8 Å². The summed E-state index contributed by atoms with van der Waals surface area (Å²) in [5.41, 5.74) is 0.710. The van der Waals surface area contributed by atoms with Crippen LogP contribution in [0.4, 0.5) is 0 Å². The maximum Gasteiger partial charge on any atom is 0.340 e. The molecule has 0 spiro atoms. The molecule has 4 heterocycles. The van der Waals surface area contributed by atoms with Crippen molar-refractivity contribution < 1.29 is 28.5 Å². The van der Waals surface area contributed by atoms with Crippen LogP contribution in [0.5, 0.6) is 0 Å². The predicted molar refractivity (Wildman–Crippen MR) is 86.4 cm³/mol. The Morgan fingerprint density at radius 3 is 1.69 bits per heavy atom. The number of hydrogen-bond acceptors (Lipinski definition) is 8. The van der Waals surface area contributed by atoms with Crippen molar-refractivity contribution in [3.05, 3.63) is 60.2 Å². The van der Waals surface area contributed by atoms with Crippen LogP contribution in [0.3, 0.4) is 0 Å². The van der Waals surface area contributed by atoms with Crippen LogP contribution < -0.4 is 0 Å². The first-order valence-electron chi connectivity index (χ1n) is 8.17. The van der Waals surface area contributed by atoms with E-state index < -0.39 is 36.4 Å². The van der Waals surface area contributed by atoms with Gasteiger partial charge >= 0.3 is 11.9 Å². The van der Waals surface area contributed by atoms with Gasteiger partial charge in [-0.05, 0) is 24.3 Å². The number of pyridine rings is 2. The molecule has 0 amide bonds. The Morgan fingerprint density at radius 1 is 0.846 bits per heavy atom. The minimum Gasteiger partial charge on any atom is -0.453 e. The second kappa shape index (κ2) is 7.19. The number of aromatic nitrogens is 2. The number of esters is 2. The SMILES string of the molecule is O=C(OC1CO[C@@H]2[C@@H](OC(=O)c3cccnc3)CO[C@H]12)c1cccnc1. The first-order valence-corrected chi connectivity index (χ1v) is 8.17. The molecule has 8 heteroatoms. The largest absolute Gasteiger partial charge is 0.453 e. The van der Waals surface area contributed by atoms with Crippen molar-refractivity contribution in [3.63, 3.8) is 0 Å². The normalized spacial score (nSPS) is 26.9. The molecule has 0 radical (unpaired) electrons. The molecule has 2 fully saturated rings. The Labute approximate surface area is 149 Å². The lowest BCUT2D eigenvalue weighted by Crippen LogP contribution is -2.36. The molecule has 2 aliphatic heterocycles. The lowest BCUT2D eigenvalue weighted by atomic mass is 10.1. The third-order valence-electron chi connectivity index (χ3n) is 4.27. The van der Waals surface area contributed by atoms with E-state index in [1.807, 2.05) is 0 Å². The molecule has 1 unspecified atom stereocenters. The van der Waals surface area contributed by atoms with E-state index in [0.29, 0.717) is 11.1 Å². The molecule has 2 aromatic heterocycles. The summed E-state index contributed by atoms with van der Waals surface area (Å²) in [6.45, 7) is 0.366. The second-order valence-corrected chi connectivity index (χ2v) is 5.97. The first kappa shape index (κ1) is 16.6. The van der Waals surface area contributed by atoms with Crippen molar-refractivity contribution >= 4 is 11.9 Å². The molecular weight excluding hydrogens is 340 g/mol. The zero-order valence-corrected chi connectivity index (χ0v) is 13.7. The third-order valence-corrected chi connectivity index (χ3v) is 4.27. The molecule has 0 aromatic carbocycles. The summed E-state index contributed by atoms with van der Waals surface area (Å²) in [5.74, 6) is -0.987. The smallest absolute Gasteiger partial charge is 0.340 e. The van der Waals surface area contributed by atoms with E-state index in [1.165, 1.54) is 12.4 Å². The van der Waals surface area contributed by atoms with Crippen molar-refractivity contribution in [3.8, 4) is 0 Å². The minimum absolute atomic E-state index is 0.183. The van der Waals surface area contributed by atoms with Gasteiger partial charge in [-0.1, -0.05) is 0 Å². The number of fused-ring (bicyclic) bond motifs is 1. The van der Waals surface area contributed by atoms with E-state index >= 15 is 0 Å². The summed E-state index contributed by atoms with van der Waals surface area (Å²) in [7, 11) is 0. The number of carbonyl (C=O) groups is 2. The lowest BCUT2D eigenvalue weighted by Gasteiger charge is -2.17. The van der Waals surface area contributed by atoms with Crippen LogP contribution in [0, 0.1) is 0 Å². The fourth-order valence-electron chi connectivity index (χ4n) is 3.01. The number of hydrogen-bond donors (Lipinski definition) is 0. The van der Waals surface area contributed by atoms with Crippen LogP contribution in [-0.4, -0.2) is 59.5 Å². The highest BCUT2D eigenvalue weighted by Crippen LogP contribution is 2.31. The van der Waals surface area contributed by atoms with Crippen LogP contribution in [0.2, 0.25) is 0 Å². The van der Waals surface area contributed by atoms with E-state index in [2.05, 4.69) is 9.97 Å². The number of nitrogens with zero attached hydrogens (tertiary/aromatic N) is 2. The standard InChI is InChI=1S/C18H16N2O6/c21-17(11-3-1-5-19-7-11)25-13-9-23-16-14(10-24-15(13)16)26-18(22)12-4-2-6-20-8-12/h1-8,13-16H,9-10H2/t13-,14?,15+,16+/m0/s1. The minimum atomic E-state index is -0.560. The fraction of sp³-hybridized carbons (Fsp3) is 0.333. The van der Waals surface area contributed by atoms with Crippen molar-refractivity contribution in [2.45, 2.75) is 24.4 Å². The van der Waals surface area contributed by atoms with E-state index in [0.717, 1.165) is 0 Å². The summed E-state index contributed by atoms with van der Waals surface area (Å²) in [4.78, 5) is 32.1. The van der Waals surface area contributed by atoms with Gasteiger partial charge in [-0.3, -0.25) is 9.97 Å². The summed E-state index contributed by atoms with van der Waals surface area (Å²) in [6, 6.07) is 6.56. The van der Waals surface area contributed by atoms with Gasteiger partial charge in [0.1, 0.15) is 12.2 Å². The van der Waals surface area contributed by atoms with Gasteiger partial charge in [0.15, 0.2) is 12.2 Å². The first-order chi connectivity index (χ1) is 12.7. The quantitative estimate of drug-likeness (QED) is 0.749. The molecule has 4 rings (SSSR count). The van der Waals surface area contributed by atoms with E-state index in [9.17, 15) is 9.59 Å². The highest BCUT2D eigenvalue weighted by Gasteiger charge is 2.51. The highest BCUT2D eigenvalue weighted by molar-refractivity contribution is 5.89. The molecular formula is C18H16N2O6. The molecule has 4 atom stereocenters.